The van der Waals surface area contributed by atoms with E-state index >= 15 is 0 Å². The van der Waals surface area contributed by atoms with Crippen molar-refractivity contribution in [2.45, 2.75) is 19.3 Å². The molecule has 8 nitrogen and oxygen atoms in total. The van der Waals surface area contributed by atoms with Crippen molar-refractivity contribution in [3.8, 4) is 23.0 Å². The number of aromatic nitrogens is 1. The van der Waals surface area contributed by atoms with Crippen LogP contribution in [-0.4, -0.2) is 34.8 Å². The number of nitrogens with zero attached hydrogens (tertiary/aromatic N) is 2. The van der Waals surface area contributed by atoms with Gasteiger partial charge in [0.15, 0.2) is 11.5 Å². The Labute approximate surface area is 229 Å². The average molecular weight is 551 g/mol. The van der Waals surface area contributed by atoms with Gasteiger partial charge in [-0.25, -0.2) is 0 Å². The van der Waals surface area contributed by atoms with Crippen molar-refractivity contribution in [1.82, 2.24) is 4.98 Å². The Morgan fingerprint density at radius 2 is 1.71 bits per heavy atom. The van der Waals surface area contributed by atoms with Crippen LogP contribution in [0, 0.1) is 10.1 Å². The van der Waals surface area contributed by atoms with Gasteiger partial charge in [-0.1, -0.05) is 48.1 Å². The van der Waals surface area contributed by atoms with Gasteiger partial charge in [0.25, 0.3) is 5.69 Å². The van der Waals surface area contributed by atoms with E-state index in [1.807, 2.05) is 6.07 Å². The van der Waals surface area contributed by atoms with E-state index < -0.39 is 4.92 Å². The average Bonchev–Trinajstić information content (AvgIpc) is 2.89. The number of ether oxygens (including phenoxy) is 3. The van der Waals surface area contributed by atoms with Crippen LogP contribution in [-0.2, 0) is 17.6 Å². The molecule has 0 saturated carbocycles. The van der Waals surface area contributed by atoms with Crippen molar-refractivity contribution >= 4 is 51.1 Å². The lowest BCUT2D eigenvalue weighted by atomic mass is 10.0. The maximum absolute atomic E-state index is 12.5. The number of Topliss-reactive ketones (excluding diaryl/α,β-unsaturated/α-hetero) is 1. The molecule has 0 bridgehead atoms. The van der Waals surface area contributed by atoms with Gasteiger partial charge in [0.05, 0.1) is 29.7 Å². The number of carbonyl (C=O) groups excluding carboxylic acids is 1. The second kappa shape index (κ2) is 12.0. The molecule has 0 N–H and O–H groups in total. The van der Waals surface area contributed by atoms with Gasteiger partial charge in [-0.3, -0.25) is 19.9 Å². The standard InChI is InChI=1S/C28H23ClN2O6S/c1-35-27-15-21-23(16-28(27)36-2)30-10-9-25(21)37-26-8-7-17(12-22(26)29)11-20(38)14-19(32)13-18-5-3-4-6-24(18)31(33)34/h3-10,12,15-16H,11,13-14H2,1-2H3. The lowest BCUT2D eigenvalue weighted by Crippen LogP contribution is -2.11. The number of benzene rings is 3. The fourth-order valence-electron chi connectivity index (χ4n) is 4.02. The molecule has 0 radical (unpaired) electrons. The summed E-state index contributed by atoms with van der Waals surface area (Å²) in [5.41, 5.74) is 1.78. The van der Waals surface area contributed by atoms with Crippen LogP contribution in [0.25, 0.3) is 10.9 Å². The zero-order valence-corrected chi connectivity index (χ0v) is 22.2. The van der Waals surface area contributed by atoms with Gasteiger partial charge < -0.3 is 14.2 Å². The third-order valence-corrected chi connectivity index (χ3v) is 6.38. The van der Waals surface area contributed by atoms with E-state index in [-0.39, 0.29) is 24.3 Å². The van der Waals surface area contributed by atoms with Gasteiger partial charge in [-0.2, -0.15) is 0 Å². The van der Waals surface area contributed by atoms with Crippen LogP contribution in [0.4, 0.5) is 5.69 Å². The van der Waals surface area contributed by atoms with Crippen molar-refractivity contribution in [1.29, 1.82) is 0 Å². The smallest absolute Gasteiger partial charge is 0.273 e. The Balaban J connectivity index is 1.44. The first-order valence-corrected chi connectivity index (χ1v) is 12.3. The normalized spacial score (nSPS) is 10.7. The lowest BCUT2D eigenvalue weighted by molar-refractivity contribution is -0.385. The molecule has 0 aliphatic carbocycles. The van der Waals surface area contributed by atoms with Crippen LogP contribution >= 0.6 is 23.8 Å². The first-order valence-electron chi connectivity index (χ1n) is 11.5. The maximum atomic E-state index is 12.5. The predicted octanol–water partition coefficient (Wildman–Crippen LogP) is 6.72. The van der Waals surface area contributed by atoms with Gasteiger partial charge in [0, 0.05) is 53.4 Å². The van der Waals surface area contributed by atoms with E-state index in [0.717, 1.165) is 10.9 Å². The van der Waals surface area contributed by atoms with Crippen LogP contribution in [0.5, 0.6) is 23.0 Å². The Hall–Kier alpha value is -4.08. The number of fused-ring (bicyclic) bond motifs is 1. The molecule has 0 saturated heterocycles. The molecule has 4 rings (SSSR count). The van der Waals surface area contributed by atoms with Crippen LogP contribution in [0.15, 0.2) is 66.9 Å². The minimum atomic E-state index is -0.491. The fourth-order valence-corrected chi connectivity index (χ4v) is 4.58. The number of thiocarbonyl (C=S) groups is 1. The minimum Gasteiger partial charge on any atom is -0.493 e. The molecule has 0 spiro atoms. The van der Waals surface area contributed by atoms with Crippen molar-refractivity contribution in [2.75, 3.05) is 14.2 Å². The SMILES string of the molecule is COc1cc2nccc(Oc3ccc(CC(=S)CC(=O)Cc4ccccc4[N+](=O)[O-])cc3Cl)c2cc1OC. The van der Waals surface area contributed by atoms with Crippen molar-refractivity contribution < 1.29 is 23.9 Å². The molecule has 0 amide bonds. The maximum Gasteiger partial charge on any atom is 0.273 e. The summed E-state index contributed by atoms with van der Waals surface area (Å²) in [6, 6.07) is 16.8. The number of methoxy groups -OCH3 is 2. The van der Waals surface area contributed by atoms with E-state index in [1.54, 1.807) is 68.9 Å². The zero-order valence-electron chi connectivity index (χ0n) is 20.6. The monoisotopic (exact) mass is 550 g/mol. The molecule has 0 unspecified atom stereocenters. The van der Waals surface area contributed by atoms with Gasteiger partial charge in [0.1, 0.15) is 17.3 Å². The highest BCUT2D eigenvalue weighted by molar-refractivity contribution is 7.80. The van der Waals surface area contributed by atoms with Crippen LogP contribution in [0.2, 0.25) is 5.02 Å². The van der Waals surface area contributed by atoms with Crippen LogP contribution in [0.1, 0.15) is 17.5 Å². The molecular formula is C28H23ClN2O6S. The summed E-state index contributed by atoms with van der Waals surface area (Å²) in [6.45, 7) is 0. The number of carbonyl (C=O) groups is 1. The van der Waals surface area contributed by atoms with Gasteiger partial charge in [0.2, 0.25) is 0 Å². The summed E-state index contributed by atoms with van der Waals surface area (Å²) in [5, 5.41) is 12.3. The first kappa shape index (κ1) is 27.0. The Bertz CT molecular complexity index is 1540. The quantitative estimate of drug-likeness (QED) is 0.115. The number of nitro benzene ring substituents is 1. The Morgan fingerprint density at radius 1 is 0.974 bits per heavy atom. The molecule has 1 aromatic heterocycles. The van der Waals surface area contributed by atoms with Crippen LogP contribution < -0.4 is 14.2 Å². The van der Waals surface area contributed by atoms with E-state index in [9.17, 15) is 14.9 Å². The summed E-state index contributed by atoms with van der Waals surface area (Å²) >= 11 is 12.0. The number of pyridine rings is 1. The number of ketones is 1. The molecule has 10 heteroatoms. The second-order valence-electron chi connectivity index (χ2n) is 8.39. The predicted molar refractivity (Wildman–Crippen MR) is 149 cm³/mol. The molecule has 0 aliphatic heterocycles. The molecule has 1 heterocycles. The number of halogens is 1. The number of para-hydroxylation sites is 1. The Kier molecular flexibility index (Phi) is 8.50. The van der Waals surface area contributed by atoms with Gasteiger partial charge >= 0.3 is 0 Å². The third-order valence-electron chi connectivity index (χ3n) is 5.79. The summed E-state index contributed by atoms with van der Waals surface area (Å²) in [6.07, 6.45) is 1.96. The Morgan fingerprint density at radius 3 is 2.42 bits per heavy atom. The van der Waals surface area contributed by atoms with E-state index in [0.29, 0.717) is 50.4 Å². The fraction of sp³-hybridized carbons (Fsp3) is 0.179. The van der Waals surface area contributed by atoms with Crippen molar-refractivity contribution in [2.24, 2.45) is 0 Å². The molecule has 0 aliphatic rings. The van der Waals surface area contributed by atoms with Crippen molar-refractivity contribution in [3.63, 3.8) is 0 Å². The molecule has 3 aromatic carbocycles. The topological polar surface area (TPSA) is 101 Å². The second-order valence-corrected chi connectivity index (χ2v) is 9.38. The van der Waals surface area contributed by atoms with Gasteiger partial charge in [-0.15, -0.1) is 0 Å². The minimum absolute atomic E-state index is 0.0333. The summed E-state index contributed by atoms with van der Waals surface area (Å²) < 4.78 is 16.9. The molecule has 4 aromatic rings. The number of nitro groups is 1. The number of rotatable bonds is 11. The van der Waals surface area contributed by atoms with Crippen LogP contribution in [0.3, 0.4) is 0 Å². The molecule has 0 fully saturated rings. The molecule has 38 heavy (non-hydrogen) atoms. The number of hydrogen-bond donors (Lipinski definition) is 0. The first-order chi connectivity index (χ1) is 18.3. The lowest BCUT2D eigenvalue weighted by Gasteiger charge is -2.13. The highest BCUT2D eigenvalue weighted by atomic mass is 35.5. The summed E-state index contributed by atoms with van der Waals surface area (Å²) in [7, 11) is 3.11. The van der Waals surface area contributed by atoms with E-state index in [4.69, 9.17) is 38.0 Å². The largest absolute Gasteiger partial charge is 0.493 e. The third kappa shape index (κ3) is 6.24. The molecule has 0 atom stereocenters. The highest BCUT2D eigenvalue weighted by Crippen LogP contribution is 2.38. The summed E-state index contributed by atoms with van der Waals surface area (Å²) in [5.74, 6) is 1.90. The summed E-state index contributed by atoms with van der Waals surface area (Å²) in [4.78, 5) is 28.1. The van der Waals surface area contributed by atoms with Crippen molar-refractivity contribution in [3.05, 3.63) is 93.1 Å². The molecule has 194 valence electrons. The number of hydrogen-bond acceptors (Lipinski definition) is 8. The van der Waals surface area contributed by atoms with E-state index in [1.165, 1.54) is 6.07 Å². The van der Waals surface area contributed by atoms with E-state index in [2.05, 4.69) is 4.98 Å². The molecular weight excluding hydrogens is 528 g/mol. The zero-order chi connectivity index (χ0) is 27.2. The highest BCUT2D eigenvalue weighted by Gasteiger charge is 2.17. The van der Waals surface area contributed by atoms with Gasteiger partial charge in [-0.05, 0) is 29.8 Å².